The van der Waals surface area contributed by atoms with Crippen molar-refractivity contribution >= 4 is 17.5 Å². The molecule has 0 bridgehead atoms. The molecule has 4 rings (SSSR count). The van der Waals surface area contributed by atoms with Crippen molar-refractivity contribution in [3.63, 3.8) is 0 Å². The molecule has 2 N–H and O–H groups in total. The van der Waals surface area contributed by atoms with Gasteiger partial charge in [-0.25, -0.2) is 4.98 Å². The number of hydrogen-bond donors (Lipinski definition) is 2. The van der Waals surface area contributed by atoms with E-state index in [2.05, 4.69) is 27.5 Å². The maximum atomic E-state index is 12.6. The molecule has 148 valence electrons. The van der Waals surface area contributed by atoms with Crippen LogP contribution in [-0.2, 0) is 0 Å². The summed E-state index contributed by atoms with van der Waals surface area (Å²) in [6, 6.07) is 19.5. The number of carbonyl (C=O) groups is 2. The van der Waals surface area contributed by atoms with Gasteiger partial charge >= 0.3 is 0 Å². The molecule has 5 nitrogen and oxygen atoms in total. The molecular formula is C25H21N3O2. The lowest BCUT2D eigenvalue weighted by atomic mass is 10.1. The quantitative estimate of drug-likeness (QED) is 0.656. The van der Waals surface area contributed by atoms with Gasteiger partial charge in [0.2, 0.25) is 0 Å². The third-order valence-electron chi connectivity index (χ3n) is 4.94. The predicted octanol–water partition coefficient (Wildman–Crippen LogP) is 4.02. The van der Waals surface area contributed by atoms with Crippen molar-refractivity contribution in [1.82, 2.24) is 10.3 Å². The Labute approximate surface area is 175 Å². The molecular weight excluding hydrogens is 374 g/mol. The van der Waals surface area contributed by atoms with Gasteiger partial charge in [0.05, 0.1) is 0 Å². The summed E-state index contributed by atoms with van der Waals surface area (Å²) in [6.07, 6.45) is 3.71. The molecule has 0 atom stereocenters. The summed E-state index contributed by atoms with van der Waals surface area (Å²) in [5.41, 5.74) is 3.05. The highest BCUT2D eigenvalue weighted by Crippen LogP contribution is 2.34. The lowest BCUT2D eigenvalue weighted by Gasteiger charge is -2.12. The number of anilines is 1. The van der Waals surface area contributed by atoms with Crippen LogP contribution in [0.25, 0.3) is 0 Å². The number of nitrogens with zero attached hydrogens (tertiary/aromatic N) is 1. The molecule has 1 aromatic heterocycles. The highest BCUT2D eigenvalue weighted by atomic mass is 16.2. The van der Waals surface area contributed by atoms with Crippen molar-refractivity contribution in [1.29, 1.82) is 0 Å². The molecule has 2 amide bonds. The zero-order chi connectivity index (χ0) is 21.0. The van der Waals surface area contributed by atoms with Crippen LogP contribution in [0.4, 0.5) is 5.69 Å². The smallest absolute Gasteiger partial charge is 0.255 e. The Morgan fingerprint density at radius 2 is 1.70 bits per heavy atom. The van der Waals surface area contributed by atoms with Crippen LogP contribution in [-0.4, -0.2) is 22.3 Å². The molecule has 0 aliphatic heterocycles. The van der Waals surface area contributed by atoms with Gasteiger partial charge in [0.15, 0.2) is 0 Å². The summed E-state index contributed by atoms with van der Waals surface area (Å²) in [6.45, 7) is 2.04. The van der Waals surface area contributed by atoms with Gasteiger partial charge in [-0.15, -0.1) is 0 Å². The Morgan fingerprint density at radius 1 is 0.900 bits per heavy atom. The van der Waals surface area contributed by atoms with Gasteiger partial charge in [-0.05, 0) is 80.3 Å². The van der Waals surface area contributed by atoms with E-state index in [4.69, 9.17) is 0 Å². The molecule has 0 radical (unpaired) electrons. The van der Waals surface area contributed by atoms with Crippen LogP contribution >= 0.6 is 0 Å². The zero-order valence-corrected chi connectivity index (χ0v) is 16.6. The highest BCUT2D eigenvalue weighted by Gasteiger charge is 2.38. The van der Waals surface area contributed by atoms with Gasteiger partial charge in [-0.1, -0.05) is 18.1 Å². The van der Waals surface area contributed by atoms with Gasteiger partial charge in [-0.2, -0.15) is 0 Å². The van der Waals surface area contributed by atoms with E-state index in [1.807, 2.05) is 31.2 Å². The number of amides is 2. The number of carbonyl (C=O) groups excluding carboxylic acids is 2. The van der Waals surface area contributed by atoms with E-state index in [1.165, 1.54) is 0 Å². The van der Waals surface area contributed by atoms with Gasteiger partial charge in [0, 0.05) is 34.1 Å². The van der Waals surface area contributed by atoms with Crippen LogP contribution in [0.1, 0.15) is 51.7 Å². The van der Waals surface area contributed by atoms with Crippen LogP contribution in [0.15, 0.2) is 72.9 Å². The fraction of sp³-hybridized carbons (Fsp3) is 0.160. The number of pyridine rings is 1. The molecule has 3 aromatic rings. The summed E-state index contributed by atoms with van der Waals surface area (Å²) < 4.78 is 0. The number of benzene rings is 2. The monoisotopic (exact) mass is 395 g/mol. The van der Waals surface area contributed by atoms with Crippen molar-refractivity contribution in [2.24, 2.45) is 0 Å². The van der Waals surface area contributed by atoms with Crippen molar-refractivity contribution in [3.05, 3.63) is 95.3 Å². The molecule has 1 fully saturated rings. The van der Waals surface area contributed by atoms with Crippen molar-refractivity contribution in [2.75, 3.05) is 5.32 Å². The first-order chi connectivity index (χ1) is 14.5. The van der Waals surface area contributed by atoms with Crippen LogP contribution < -0.4 is 10.6 Å². The number of hydrogen-bond acceptors (Lipinski definition) is 3. The predicted molar refractivity (Wildman–Crippen MR) is 116 cm³/mol. The average molecular weight is 395 g/mol. The summed E-state index contributed by atoms with van der Waals surface area (Å²) in [5.74, 6) is 5.68. The van der Waals surface area contributed by atoms with Gasteiger partial charge in [0.25, 0.3) is 11.8 Å². The Hall–Kier alpha value is -3.91. The minimum absolute atomic E-state index is 0.0611. The lowest BCUT2D eigenvalue weighted by molar-refractivity contribution is 0.0935. The van der Waals surface area contributed by atoms with Crippen LogP contribution in [0.2, 0.25) is 0 Å². The van der Waals surface area contributed by atoms with Gasteiger partial charge < -0.3 is 10.6 Å². The van der Waals surface area contributed by atoms with E-state index < -0.39 is 0 Å². The molecule has 0 unspecified atom stereocenters. The molecule has 0 saturated heterocycles. The average Bonchev–Trinajstić information content (AvgIpc) is 3.50. The van der Waals surface area contributed by atoms with E-state index >= 15 is 0 Å². The molecule has 1 saturated carbocycles. The maximum Gasteiger partial charge on any atom is 0.255 e. The van der Waals surface area contributed by atoms with E-state index in [-0.39, 0.29) is 17.4 Å². The van der Waals surface area contributed by atoms with E-state index in [9.17, 15) is 9.59 Å². The minimum Gasteiger partial charge on any atom is -0.347 e. The summed E-state index contributed by atoms with van der Waals surface area (Å²) in [5, 5.41) is 5.87. The summed E-state index contributed by atoms with van der Waals surface area (Å²) >= 11 is 0. The topological polar surface area (TPSA) is 71.1 Å². The van der Waals surface area contributed by atoms with Crippen molar-refractivity contribution in [3.8, 4) is 11.8 Å². The van der Waals surface area contributed by atoms with Crippen LogP contribution in [0, 0.1) is 11.8 Å². The first-order valence-corrected chi connectivity index (χ1v) is 9.78. The maximum absolute atomic E-state index is 12.6. The van der Waals surface area contributed by atoms with Gasteiger partial charge in [-0.3, -0.25) is 9.59 Å². The molecule has 1 aliphatic rings. The third kappa shape index (κ3) is 4.92. The molecule has 5 heteroatoms. The SMILES string of the molecule is CC1(NC(=O)c2ccc(NC(=O)c3cccc(C#Cc4ccccn4)c3)cc2)CC1. The Balaban J connectivity index is 1.41. The van der Waals surface area contributed by atoms with Crippen molar-refractivity contribution in [2.45, 2.75) is 25.3 Å². The van der Waals surface area contributed by atoms with Gasteiger partial charge in [0.1, 0.15) is 5.69 Å². The second-order valence-electron chi connectivity index (χ2n) is 7.59. The summed E-state index contributed by atoms with van der Waals surface area (Å²) in [4.78, 5) is 29.0. The molecule has 0 spiro atoms. The molecule has 30 heavy (non-hydrogen) atoms. The molecule has 1 aliphatic carbocycles. The molecule has 1 heterocycles. The fourth-order valence-electron chi connectivity index (χ4n) is 2.88. The van der Waals surface area contributed by atoms with Crippen LogP contribution in [0.5, 0.6) is 0 Å². The van der Waals surface area contributed by atoms with Crippen molar-refractivity contribution < 1.29 is 9.59 Å². The highest BCUT2D eigenvalue weighted by molar-refractivity contribution is 6.04. The standard InChI is InChI=1S/C25H21N3O2/c1-25(14-15-25)28-24(30)19-9-12-22(13-10-19)27-23(29)20-6-4-5-18(17-20)8-11-21-7-2-3-16-26-21/h2-7,9-10,12-13,16-17H,14-15H2,1H3,(H,27,29)(H,28,30). The Kier molecular flexibility index (Phi) is 5.32. The molecule has 2 aromatic carbocycles. The zero-order valence-electron chi connectivity index (χ0n) is 16.6. The minimum atomic E-state index is -0.237. The number of rotatable bonds is 4. The van der Waals surface area contributed by atoms with E-state index in [0.717, 1.165) is 18.4 Å². The normalized spacial score (nSPS) is 13.5. The summed E-state index contributed by atoms with van der Waals surface area (Å²) in [7, 11) is 0. The first-order valence-electron chi connectivity index (χ1n) is 9.78. The fourth-order valence-corrected chi connectivity index (χ4v) is 2.88. The third-order valence-corrected chi connectivity index (χ3v) is 4.94. The van der Waals surface area contributed by atoms with E-state index in [0.29, 0.717) is 22.5 Å². The Bertz CT molecular complexity index is 1140. The Morgan fingerprint density at radius 3 is 2.40 bits per heavy atom. The lowest BCUT2D eigenvalue weighted by Crippen LogP contribution is -2.34. The second-order valence-corrected chi connectivity index (χ2v) is 7.59. The van der Waals surface area contributed by atoms with E-state index in [1.54, 1.807) is 48.7 Å². The second kappa shape index (κ2) is 8.22. The van der Waals surface area contributed by atoms with Crippen LogP contribution in [0.3, 0.4) is 0 Å². The number of aromatic nitrogens is 1. The first kappa shape index (κ1) is 19.4. The largest absolute Gasteiger partial charge is 0.347 e. The number of nitrogens with one attached hydrogen (secondary N) is 2.